The minimum absolute atomic E-state index is 0.0484. The Morgan fingerprint density at radius 1 is 1.27 bits per heavy atom. The van der Waals surface area contributed by atoms with E-state index in [1.807, 2.05) is 36.5 Å². The molecule has 7 heteroatoms. The molecule has 4 nitrogen and oxygen atoms in total. The lowest BCUT2D eigenvalue weighted by Gasteiger charge is -2.22. The van der Waals surface area contributed by atoms with Gasteiger partial charge in [-0.25, -0.2) is 9.18 Å². The van der Waals surface area contributed by atoms with Gasteiger partial charge in [-0.05, 0) is 73.4 Å². The van der Waals surface area contributed by atoms with Gasteiger partial charge in [0.2, 0.25) is 0 Å². The third kappa shape index (κ3) is 4.76. The summed E-state index contributed by atoms with van der Waals surface area (Å²) in [6.07, 6.45) is 5.51. The number of alkyl halides is 2. The van der Waals surface area contributed by atoms with Crippen LogP contribution in [0.25, 0.3) is 10.8 Å². The summed E-state index contributed by atoms with van der Waals surface area (Å²) in [5.74, 6) is -0.0355. The number of aryl methyl sites for hydroxylation is 1. The van der Waals surface area contributed by atoms with Crippen molar-refractivity contribution in [2.75, 3.05) is 6.61 Å². The van der Waals surface area contributed by atoms with Gasteiger partial charge < -0.3 is 9.84 Å². The van der Waals surface area contributed by atoms with E-state index in [4.69, 9.17) is 21.4 Å². The van der Waals surface area contributed by atoms with E-state index in [0.717, 1.165) is 40.7 Å². The van der Waals surface area contributed by atoms with E-state index >= 15 is 0 Å². The predicted octanol–water partition coefficient (Wildman–Crippen LogP) is 5.98. The van der Waals surface area contributed by atoms with Crippen LogP contribution in [-0.2, 0) is 6.42 Å². The molecule has 1 aliphatic carbocycles. The molecular formula is C23H23ClFNO3S. The highest BCUT2D eigenvalue weighted by Crippen LogP contribution is 2.41. The quantitative estimate of drug-likeness (QED) is 0.431. The Morgan fingerprint density at radius 3 is 2.93 bits per heavy atom. The minimum Gasteiger partial charge on any atom is -0.493 e. The third-order valence-electron chi connectivity index (χ3n) is 5.81. The van der Waals surface area contributed by atoms with Gasteiger partial charge in [0.15, 0.2) is 0 Å². The fourth-order valence-corrected chi connectivity index (χ4v) is 5.46. The Hall–Kier alpha value is -2.18. The average Bonchev–Trinajstić information content (AvgIpc) is 3.32. The second-order valence-electron chi connectivity index (χ2n) is 7.78. The van der Waals surface area contributed by atoms with E-state index in [0.29, 0.717) is 17.9 Å². The second kappa shape index (κ2) is 9.31. The van der Waals surface area contributed by atoms with Crippen LogP contribution in [-0.4, -0.2) is 34.2 Å². The summed E-state index contributed by atoms with van der Waals surface area (Å²) in [5.41, 5.74) is 0. The van der Waals surface area contributed by atoms with Crippen LogP contribution in [0.1, 0.15) is 33.8 Å². The molecule has 2 unspecified atom stereocenters. The lowest BCUT2D eigenvalue weighted by molar-refractivity contribution is 0.0702. The van der Waals surface area contributed by atoms with Crippen molar-refractivity contribution in [1.82, 2.24) is 4.98 Å². The number of aromatic nitrogens is 1. The number of hydrogen-bond donors (Lipinski definition) is 1. The van der Waals surface area contributed by atoms with E-state index in [1.165, 1.54) is 11.3 Å². The molecule has 4 rings (SSSR count). The first-order valence-electron chi connectivity index (χ1n) is 10.1. The molecule has 1 N–H and O–H groups in total. The number of thiophene rings is 1. The van der Waals surface area contributed by atoms with Crippen LogP contribution in [0.15, 0.2) is 48.8 Å². The molecule has 30 heavy (non-hydrogen) atoms. The fraction of sp³-hybridized carbons (Fsp3) is 0.391. The van der Waals surface area contributed by atoms with Gasteiger partial charge in [0, 0.05) is 28.6 Å². The van der Waals surface area contributed by atoms with Gasteiger partial charge in [-0.2, -0.15) is 0 Å². The zero-order valence-electron chi connectivity index (χ0n) is 16.3. The highest BCUT2D eigenvalue weighted by Gasteiger charge is 2.42. The molecule has 1 aromatic carbocycles. The van der Waals surface area contributed by atoms with Crippen molar-refractivity contribution in [3.8, 4) is 5.75 Å². The molecule has 2 heterocycles. The van der Waals surface area contributed by atoms with E-state index in [1.54, 1.807) is 12.3 Å². The number of halogens is 2. The van der Waals surface area contributed by atoms with Crippen LogP contribution >= 0.6 is 22.9 Å². The molecule has 2 aromatic heterocycles. The number of pyridine rings is 1. The molecule has 0 bridgehead atoms. The number of ether oxygens (including phenoxy) is 1. The Labute approximate surface area is 183 Å². The molecular weight excluding hydrogens is 425 g/mol. The number of nitrogens with zero attached hydrogens (tertiary/aromatic N) is 1. The van der Waals surface area contributed by atoms with Gasteiger partial charge in [-0.1, -0.05) is 0 Å². The number of hydrogen-bond acceptors (Lipinski definition) is 4. The second-order valence-corrected chi connectivity index (χ2v) is 9.45. The first-order valence-corrected chi connectivity index (χ1v) is 11.3. The highest BCUT2D eigenvalue weighted by molar-refractivity contribution is 7.13. The average molecular weight is 448 g/mol. The molecule has 0 radical (unpaired) electrons. The largest absolute Gasteiger partial charge is 0.493 e. The maximum Gasteiger partial charge on any atom is 0.345 e. The Kier molecular flexibility index (Phi) is 6.54. The zero-order chi connectivity index (χ0) is 21.1. The molecule has 0 amide bonds. The van der Waals surface area contributed by atoms with Crippen LogP contribution in [0.2, 0.25) is 0 Å². The van der Waals surface area contributed by atoms with Crippen molar-refractivity contribution in [1.29, 1.82) is 0 Å². The van der Waals surface area contributed by atoms with Crippen molar-refractivity contribution >= 4 is 39.7 Å². The number of carbonyl (C=O) groups is 1. The maximum absolute atomic E-state index is 14.3. The minimum atomic E-state index is -1.02. The first-order chi connectivity index (χ1) is 14.5. The summed E-state index contributed by atoms with van der Waals surface area (Å²) in [7, 11) is 0. The van der Waals surface area contributed by atoms with Crippen molar-refractivity contribution in [3.05, 3.63) is 58.5 Å². The van der Waals surface area contributed by atoms with E-state index in [-0.39, 0.29) is 11.8 Å². The van der Waals surface area contributed by atoms with Crippen molar-refractivity contribution < 1.29 is 19.0 Å². The number of aromatic carboxylic acids is 1. The van der Waals surface area contributed by atoms with Gasteiger partial charge in [0.25, 0.3) is 0 Å². The van der Waals surface area contributed by atoms with Crippen LogP contribution in [0.5, 0.6) is 5.75 Å². The van der Waals surface area contributed by atoms with E-state index in [9.17, 15) is 9.18 Å². The highest BCUT2D eigenvalue weighted by atomic mass is 35.5. The zero-order valence-corrected chi connectivity index (χ0v) is 17.9. The molecule has 0 spiro atoms. The SMILES string of the molecule is O=C(O)c1ccc(CCC[C@H]2CC(F)C(Cl)[C@@H]2COc2ccc3cnccc3c2)s1. The number of rotatable bonds is 8. The van der Waals surface area contributed by atoms with Crippen LogP contribution in [0.3, 0.4) is 0 Å². The van der Waals surface area contributed by atoms with E-state index < -0.39 is 17.5 Å². The summed E-state index contributed by atoms with van der Waals surface area (Å²) in [6.45, 7) is 0.387. The standard InChI is InChI=1S/C23H23ClFNO3S/c24-22-19(13-29-17-5-4-16-12-26-9-8-14(16)10-17)15(11-20(22)25)2-1-3-18-6-7-21(30-18)23(27)28/h4-10,12,15,19-20,22H,1-3,11,13H2,(H,27,28)/t15-,19+,20?,22?/m0/s1. The molecule has 158 valence electrons. The summed E-state index contributed by atoms with van der Waals surface area (Å²) in [4.78, 5) is 16.5. The summed E-state index contributed by atoms with van der Waals surface area (Å²) < 4.78 is 20.3. The molecule has 4 atom stereocenters. The fourth-order valence-electron chi connectivity index (χ4n) is 4.19. The number of carboxylic acids is 1. The summed E-state index contributed by atoms with van der Waals surface area (Å²) in [6, 6.07) is 11.3. The van der Waals surface area contributed by atoms with Crippen molar-refractivity contribution in [2.24, 2.45) is 11.8 Å². The molecule has 1 saturated carbocycles. The monoisotopic (exact) mass is 447 g/mol. The van der Waals surface area contributed by atoms with E-state index in [2.05, 4.69) is 4.98 Å². The van der Waals surface area contributed by atoms with Gasteiger partial charge in [0.05, 0.1) is 12.0 Å². The molecule has 0 saturated heterocycles. The van der Waals surface area contributed by atoms with Crippen LogP contribution in [0.4, 0.5) is 4.39 Å². The maximum atomic E-state index is 14.3. The molecule has 1 fully saturated rings. The lowest BCUT2D eigenvalue weighted by Crippen LogP contribution is -2.25. The van der Waals surface area contributed by atoms with Crippen molar-refractivity contribution in [3.63, 3.8) is 0 Å². The molecule has 1 aliphatic rings. The van der Waals surface area contributed by atoms with Crippen LogP contribution in [0, 0.1) is 11.8 Å². The number of carboxylic acid groups (broad SMARTS) is 1. The Bertz CT molecular complexity index is 1030. The number of benzene rings is 1. The lowest BCUT2D eigenvalue weighted by atomic mass is 9.91. The predicted molar refractivity (Wildman–Crippen MR) is 118 cm³/mol. The van der Waals surface area contributed by atoms with Gasteiger partial charge >= 0.3 is 5.97 Å². The summed E-state index contributed by atoms with van der Waals surface area (Å²) >= 11 is 7.70. The molecule has 0 aliphatic heterocycles. The Morgan fingerprint density at radius 2 is 2.13 bits per heavy atom. The molecule has 3 aromatic rings. The Balaban J connectivity index is 1.34. The topological polar surface area (TPSA) is 59.4 Å². The third-order valence-corrected chi connectivity index (χ3v) is 7.54. The van der Waals surface area contributed by atoms with Crippen LogP contribution < -0.4 is 4.74 Å². The number of fused-ring (bicyclic) bond motifs is 1. The van der Waals surface area contributed by atoms with Gasteiger partial charge in [0.1, 0.15) is 16.8 Å². The summed E-state index contributed by atoms with van der Waals surface area (Å²) in [5, 5.41) is 10.6. The normalized spacial score (nSPS) is 23.7. The first kappa shape index (κ1) is 21.1. The van der Waals surface area contributed by atoms with Crippen molar-refractivity contribution in [2.45, 2.75) is 37.2 Å². The smallest absolute Gasteiger partial charge is 0.345 e. The van der Waals surface area contributed by atoms with Gasteiger partial charge in [-0.15, -0.1) is 22.9 Å². The van der Waals surface area contributed by atoms with Gasteiger partial charge in [-0.3, -0.25) is 4.98 Å².